The number of fused-ring (bicyclic) bond motifs is 1. The molecule has 5 heteroatoms. The number of hydrogen-bond donors (Lipinski definition) is 1. The number of carbonyl (C=O) groups excluding carboxylic acids is 2. The van der Waals surface area contributed by atoms with Gasteiger partial charge in [-0.1, -0.05) is 18.2 Å². The second-order valence-electron chi connectivity index (χ2n) is 4.57. The first-order valence-corrected chi connectivity index (χ1v) is 6.08. The van der Waals surface area contributed by atoms with Gasteiger partial charge in [0, 0.05) is 5.56 Å². The van der Waals surface area contributed by atoms with Crippen LogP contribution in [-0.4, -0.2) is 11.8 Å². The first-order chi connectivity index (χ1) is 9.58. The number of nitrogens with two attached hydrogens (primary N) is 1. The summed E-state index contributed by atoms with van der Waals surface area (Å²) in [7, 11) is 0. The molecule has 2 aromatic carbocycles. The number of amides is 2. The Morgan fingerprint density at radius 1 is 1.10 bits per heavy atom. The lowest BCUT2D eigenvalue weighted by Crippen LogP contribution is -2.42. The van der Waals surface area contributed by atoms with Crippen LogP contribution in [0.15, 0.2) is 42.5 Å². The second-order valence-corrected chi connectivity index (χ2v) is 4.57. The van der Waals surface area contributed by atoms with Crippen LogP contribution < -0.4 is 10.6 Å². The summed E-state index contributed by atoms with van der Waals surface area (Å²) in [6, 6.07) is 10.5. The first kappa shape index (κ1) is 12.3. The molecule has 0 atom stereocenters. The van der Waals surface area contributed by atoms with Crippen molar-refractivity contribution in [1.29, 1.82) is 0 Å². The van der Waals surface area contributed by atoms with E-state index in [0.717, 1.165) is 11.0 Å². The number of carbonyl (C=O) groups is 2. The van der Waals surface area contributed by atoms with Crippen LogP contribution in [0.5, 0.6) is 0 Å². The molecule has 0 aromatic heterocycles. The van der Waals surface area contributed by atoms with E-state index in [9.17, 15) is 14.0 Å². The zero-order valence-electron chi connectivity index (χ0n) is 10.5. The molecule has 0 radical (unpaired) electrons. The van der Waals surface area contributed by atoms with E-state index < -0.39 is 11.7 Å². The summed E-state index contributed by atoms with van der Waals surface area (Å²) in [5.41, 5.74) is 7.15. The minimum absolute atomic E-state index is 0.0612. The third-order valence-corrected chi connectivity index (χ3v) is 3.27. The molecule has 2 amide bonds. The normalized spacial score (nSPS) is 14.3. The Kier molecular flexibility index (Phi) is 2.75. The predicted octanol–water partition coefficient (Wildman–Crippen LogP) is 2.14. The number of hydrogen-bond acceptors (Lipinski definition) is 3. The molecule has 0 spiro atoms. The van der Waals surface area contributed by atoms with Crippen molar-refractivity contribution in [3.05, 3.63) is 59.4 Å². The smallest absolute Gasteiger partial charge is 0.265 e. The Balaban J connectivity index is 2.11. The van der Waals surface area contributed by atoms with Crippen molar-refractivity contribution < 1.29 is 14.0 Å². The largest absolute Gasteiger partial charge is 0.397 e. The summed E-state index contributed by atoms with van der Waals surface area (Å²) >= 11 is 0. The average molecular weight is 270 g/mol. The highest BCUT2D eigenvalue weighted by molar-refractivity contribution is 6.25. The Bertz CT molecular complexity index is 728. The standard InChI is InChI=1S/C15H11FN2O2/c16-10-5-6-13(12(17)8-10)18-14(19)7-9-3-1-2-4-11(9)15(18)20/h1-6,8H,7,17H2. The lowest BCUT2D eigenvalue weighted by molar-refractivity contribution is -0.117. The minimum Gasteiger partial charge on any atom is -0.397 e. The minimum atomic E-state index is -0.511. The lowest BCUT2D eigenvalue weighted by atomic mass is 9.98. The van der Waals surface area contributed by atoms with Gasteiger partial charge >= 0.3 is 0 Å². The number of rotatable bonds is 1. The fraction of sp³-hybridized carbons (Fsp3) is 0.0667. The van der Waals surface area contributed by atoms with Gasteiger partial charge in [0.05, 0.1) is 17.8 Å². The number of anilines is 2. The van der Waals surface area contributed by atoms with E-state index >= 15 is 0 Å². The van der Waals surface area contributed by atoms with Crippen LogP contribution in [-0.2, 0) is 11.2 Å². The van der Waals surface area contributed by atoms with Crippen molar-refractivity contribution in [2.75, 3.05) is 10.6 Å². The first-order valence-electron chi connectivity index (χ1n) is 6.08. The van der Waals surface area contributed by atoms with E-state index in [2.05, 4.69) is 0 Å². The number of nitrogens with zero attached hydrogens (tertiary/aromatic N) is 1. The molecule has 4 nitrogen and oxygen atoms in total. The van der Waals surface area contributed by atoms with E-state index in [1.807, 2.05) is 0 Å². The van der Waals surface area contributed by atoms with Gasteiger partial charge in [0.2, 0.25) is 5.91 Å². The van der Waals surface area contributed by atoms with Crippen molar-refractivity contribution in [3.63, 3.8) is 0 Å². The highest BCUT2D eigenvalue weighted by Crippen LogP contribution is 2.30. The summed E-state index contributed by atoms with van der Waals surface area (Å²) in [4.78, 5) is 25.6. The molecule has 3 rings (SSSR count). The zero-order valence-corrected chi connectivity index (χ0v) is 10.5. The molecule has 0 unspecified atom stereocenters. The van der Waals surface area contributed by atoms with Gasteiger partial charge in [0.1, 0.15) is 5.82 Å². The number of halogens is 1. The molecule has 0 saturated heterocycles. The topological polar surface area (TPSA) is 63.4 Å². The van der Waals surface area contributed by atoms with Crippen LogP contribution in [0.2, 0.25) is 0 Å². The van der Waals surface area contributed by atoms with E-state index in [1.54, 1.807) is 24.3 Å². The quantitative estimate of drug-likeness (QED) is 0.638. The van der Waals surface area contributed by atoms with Gasteiger partial charge in [-0.05, 0) is 29.8 Å². The van der Waals surface area contributed by atoms with Crippen LogP contribution in [0, 0.1) is 5.82 Å². The summed E-state index contributed by atoms with van der Waals surface area (Å²) in [6.45, 7) is 0. The second kappa shape index (κ2) is 4.45. The monoisotopic (exact) mass is 270 g/mol. The van der Waals surface area contributed by atoms with Crippen molar-refractivity contribution in [3.8, 4) is 0 Å². The van der Waals surface area contributed by atoms with Gasteiger partial charge in [-0.2, -0.15) is 0 Å². The van der Waals surface area contributed by atoms with Crippen LogP contribution in [0.4, 0.5) is 15.8 Å². The Hall–Kier alpha value is -2.69. The van der Waals surface area contributed by atoms with E-state index in [1.165, 1.54) is 12.1 Å². The van der Waals surface area contributed by atoms with Crippen LogP contribution in [0.3, 0.4) is 0 Å². The highest BCUT2D eigenvalue weighted by Gasteiger charge is 2.32. The van der Waals surface area contributed by atoms with Gasteiger partial charge < -0.3 is 5.73 Å². The van der Waals surface area contributed by atoms with Gasteiger partial charge in [-0.3, -0.25) is 9.59 Å². The van der Waals surface area contributed by atoms with Crippen LogP contribution in [0.25, 0.3) is 0 Å². The van der Waals surface area contributed by atoms with Gasteiger partial charge in [-0.15, -0.1) is 0 Å². The molecule has 2 aromatic rings. The van der Waals surface area contributed by atoms with Crippen molar-refractivity contribution in [1.82, 2.24) is 0 Å². The van der Waals surface area contributed by atoms with E-state index in [-0.39, 0.29) is 23.7 Å². The molecule has 0 bridgehead atoms. The van der Waals surface area contributed by atoms with Crippen LogP contribution in [0.1, 0.15) is 15.9 Å². The summed E-state index contributed by atoms with van der Waals surface area (Å²) in [5, 5.41) is 0. The predicted molar refractivity (Wildman–Crippen MR) is 72.8 cm³/mol. The van der Waals surface area contributed by atoms with E-state index in [4.69, 9.17) is 5.73 Å². The van der Waals surface area contributed by atoms with Gasteiger partial charge in [0.25, 0.3) is 5.91 Å². The number of benzene rings is 2. The number of imide groups is 1. The molecular weight excluding hydrogens is 259 g/mol. The molecule has 1 heterocycles. The molecule has 2 N–H and O–H groups in total. The molecule has 0 fully saturated rings. The maximum atomic E-state index is 13.1. The maximum Gasteiger partial charge on any atom is 0.265 e. The maximum absolute atomic E-state index is 13.1. The van der Waals surface area contributed by atoms with Gasteiger partial charge in [0.15, 0.2) is 0 Å². The lowest BCUT2D eigenvalue weighted by Gasteiger charge is -2.27. The highest BCUT2D eigenvalue weighted by atomic mass is 19.1. The molecule has 100 valence electrons. The third-order valence-electron chi connectivity index (χ3n) is 3.27. The summed E-state index contributed by atoms with van der Waals surface area (Å²) in [6.07, 6.45) is 0.124. The molecule has 20 heavy (non-hydrogen) atoms. The molecule has 0 saturated carbocycles. The number of nitrogen functional groups attached to an aromatic ring is 1. The molecule has 0 aliphatic carbocycles. The fourth-order valence-corrected chi connectivity index (χ4v) is 2.33. The zero-order chi connectivity index (χ0) is 14.3. The van der Waals surface area contributed by atoms with E-state index in [0.29, 0.717) is 11.1 Å². The Morgan fingerprint density at radius 3 is 2.60 bits per heavy atom. The fourth-order valence-electron chi connectivity index (χ4n) is 2.33. The summed E-state index contributed by atoms with van der Waals surface area (Å²) < 4.78 is 13.1. The SMILES string of the molecule is Nc1cc(F)ccc1N1C(=O)Cc2ccccc2C1=O. The van der Waals surface area contributed by atoms with Crippen molar-refractivity contribution in [2.45, 2.75) is 6.42 Å². The molecular formula is C15H11FN2O2. The average Bonchev–Trinajstić information content (AvgIpc) is 2.41. The Morgan fingerprint density at radius 2 is 1.85 bits per heavy atom. The molecule has 1 aliphatic rings. The van der Waals surface area contributed by atoms with Crippen molar-refractivity contribution >= 4 is 23.2 Å². The Labute approximate surface area is 114 Å². The third kappa shape index (κ3) is 1.84. The van der Waals surface area contributed by atoms with Gasteiger partial charge in [-0.25, -0.2) is 9.29 Å². The summed E-state index contributed by atoms with van der Waals surface area (Å²) in [5.74, 6) is -1.31. The van der Waals surface area contributed by atoms with Crippen molar-refractivity contribution in [2.24, 2.45) is 0 Å². The van der Waals surface area contributed by atoms with Crippen LogP contribution >= 0.6 is 0 Å². The molecule has 1 aliphatic heterocycles.